The first-order valence-corrected chi connectivity index (χ1v) is 12.3. The van der Waals surface area contributed by atoms with Crippen LogP contribution in [0.5, 0.6) is 0 Å². The molecule has 4 rings (SSSR count). The number of anilines is 1. The lowest BCUT2D eigenvalue weighted by molar-refractivity contribution is -0.119. The minimum Gasteiger partial charge on any atom is -0.452 e. The monoisotopic (exact) mass is 493 g/mol. The minimum atomic E-state index is -3.74. The molecule has 1 aromatic heterocycles. The highest BCUT2D eigenvalue weighted by Gasteiger charge is 2.28. The number of amides is 1. The van der Waals surface area contributed by atoms with Crippen molar-refractivity contribution >= 4 is 27.8 Å². The van der Waals surface area contributed by atoms with Crippen LogP contribution in [-0.4, -0.2) is 37.8 Å². The van der Waals surface area contributed by atoms with Gasteiger partial charge < -0.3 is 9.15 Å². The topological polar surface area (TPSA) is 130 Å². The number of carbonyl (C=O) groups excluding carboxylic acids is 2. The van der Waals surface area contributed by atoms with E-state index < -0.39 is 28.5 Å². The van der Waals surface area contributed by atoms with Crippen LogP contribution in [0.1, 0.15) is 38.4 Å². The quantitative estimate of drug-likeness (QED) is 0.522. The van der Waals surface area contributed by atoms with E-state index in [-0.39, 0.29) is 21.9 Å². The summed E-state index contributed by atoms with van der Waals surface area (Å²) < 4.78 is 37.9. The molecule has 0 bridgehead atoms. The van der Waals surface area contributed by atoms with E-state index in [0.717, 1.165) is 11.1 Å². The highest BCUT2D eigenvalue weighted by molar-refractivity contribution is 7.89. The van der Waals surface area contributed by atoms with E-state index in [0.29, 0.717) is 30.8 Å². The number of hydrogen-bond acceptors (Lipinski definition) is 7. The molecule has 35 heavy (non-hydrogen) atoms. The van der Waals surface area contributed by atoms with Gasteiger partial charge in [0.05, 0.1) is 10.5 Å². The maximum atomic E-state index is 13.1. The maximum Gasteiger partial charge on any atom is 0.338 e. The zero-order chi connectivity index (χ0) is 25.2. The van der Waals surface area contributed by atoms with E-state index in [1.54, 1.807) is 13.8 Å². The van der Waals surface area contributed by atoms with Gasteiger partial charge in [-0.1, -0.05) is 24.3 Å². The Morgan fingerprint density at radius 1 is 1.11 bits per heavy atom. The summed E-state index contributed by atoms with van der Waals surface area (Å²) in [7, 11) is -3.74. The van der Waals surface area contributed by atoms with Crippen molar-refractivity contribution in [2.24, 2.45) is 0 Å². The number of aryl methyl sites for hydroxylation is 1. The van der Waals surface area contributed by atoms with Gasteiger partial charge in [-0.2, -0.15) is 9.57 Å². The molecule has 2 aromatic carbocycles. The average molecular weight is 494 g/mol. The van der Waals surface area contributed by atoms with Crippen LogP contribution < -0.4 is 5.32 Å². The summed E-state index contributed by atoms with van der Waals surface area (Å²) in [6.07, 6.45) is 0.634. The molecular formula is C25H23N3O6S. The Morgan fingerprint density at radius 3 is 2.49 bits per heavy atom. The van der Waals surface area contributed by atoms with Gasteiger partial charge in [-0.3, -0.25) is 10.1 Å². The fourth-order valence-corrected chi connectivity index (χ4v) is 5.23. The number of nitriles is 1. The van der Waals surface area contributed by atoms with Crippen molar-refractivity contribution in [3.8, 4) is 6.07 Å². The molecule has 1 aliphatic heterocycles. The molecule has 2 heterocycles. The van der Waals surface area contributed by atoms with Crippen LogP contribution in [0.4, 0.5) is 5.88 Å². The maximum absolute atomic E-state index is 13.1. The smallest absolute Gasteiger partial charge is 0.338 e. The third-order valence-corrected chi connectivity index (χ3v) is 7.77. The summed E-state index contributed by atoms with van der Waals surface area (Å²) in [5, 5.41) is 11.6. The van der Waals surface area contributed by atoms with Crippen molar-refractivity contribution < 1.29 is 27.2 Å². The minimum absolute atomic E-state index is 0.00144. The molecule has 0 spiro atoms. The Hall–Kier alpha value is -3.94. The van der Waals surface area contributed by atoms with Gasteiger partial charge in [-0.25, -0.2) is 13.2 Å². The zero-order valence-corrected chi connectivity index (χ0v) is 20.0. The first-order chi connectivity index (χ1) is 16.7. The second-order valence-electron chi connectivity index (χ2n) is 8.11. The molecule has 0 atom stereocenters. The van der Waals surface area contributed by atoms with Crippen LogP contribution in [0.25, 0.3) is 0 Å². The lowest BCUT2D eigenvalue weighted by Gasteiger charge is -2.28. The summed E-state index contributed by atoms with van der Waals surface area (Å²) in [6, 6.07) is 15.1. The van der Waals surface area contributed by atoms with E-state index >= 15 is 0 Å². The number of sulfonamides is 1. The van der Waals surface area contributed by atoms with E-state index in [1.165, 1.54) is 28.6 Å². The molecule has 0 unspecified atom stereocenters. The second-order valence-corrected chi connectivity index (χ2v) is 10.0. The van der Waals surface area contributed by atoms with Crippen LogP contribution in [-0.2, 0) is 32.5 Å². The van der Waals surface area contributed by atoms with Crippen LogP contribution >= 0.6 is 0 Å². The molecule has 1 aliphatic rings. The number of esters is 1. The second kappa shape index (κ2) is 9.74. The molecule has 3 aromatic rings. The summed E-state index contributed by atoms with van der Waals surface area (Å²) in [6.45, 7) is 3.43. The Balaban J connectivity index is 1.37. The Bertz CT molecular complexity index is 1430. The van der Waals surface area contributed by atoms with Crippen LogP contribution in [0.3, 0.4) is 0 Å². The van der Waals surface area contributed by atoms with Crippen molar-refractivity contribution in [1.82, 2.24) is 4.31 Å². The Morgan fingerprint density at radius 2 is 1.80 bits per heavy atom. The molecule has 0 aliphatic carbocycles. The zero-order valence-electron chi connectivity index (χ0n) is 19.2. The first kappa shape index (κ1) is 24.2. The van der Waals surface area contributed by atoms with Crippen molar-refractivity contribution in [3.63, 3.8) is 0 Å². The number of fused-ring (bicyclic) bond motifs is 1. The molecule has 1 N–H and O–H groups in total. The fraction of sp³-hybridized carbons (Fsp3) is 0.240. The Labute approximate surface area is 203 Å². The van der Waals surface area contributed by atoms with Crippen molar-refractivity contribution in [3.05, 3.63) is 82.1 Å². The lowest BCUT2D eigenvalue weighted by atomic mass is 10.0. The highest BCUT2D eigenvalue weighted by atomic mass is 32.2. The fourth-order valence-electron chi connectivity index (χ4n) is 3.81. The lowest BCUT2D eigenvalue weighted by Crippen LogP contribution is -2.35. The van der Waals surface area contributed by atoms with Crippen molar-refractivity contribution in [2.45, 2.75) is 31.7 Å². The number of rotatable bonds is 6. The average Bonchev–Trinajstić information content (AvgIpc) is 3.13. The molecular weight excluding hydrogens is 470 g/mol. The van der Waals surface area contributed by atoms with Gasteiger partial charge in [-0.15, -0.1) is 0 Å². The third kappa shape index (κ3) is 4.96. The van der Waals surface area contributed by atoms with Crippen LogP contribution in [0, 0.1) is 25.2 Å². The predicted molar refractivity (Wildman–Crippen MR) is 126 cm³/mol. The highest BCUT2D eigenvalue weighted by Crippen LogP contribution is 2.26. The number of carbonyl (C=O) groups is 2. The number of benzene rings is 2. The standard InChI is InChI=1S/C25H23N3O6S/c1-16-17(2)34-24(22(16)13-26)27-23(29)15-33-25(30)19-7-9-21(10-8-19)35(31,32)28-12-11-18-5-3-4-6-20(18)14-28/h3-10H,11-12,14-15H2,1-2H3,(H,27,29). The summed E-state index contributed by atoms with van der Waals surface area (Å²) >= 11 is 0. The number of hydrogen-bond donors (Lipinski definition) is 1. The number of nitrogens with one attached hydrogen (secondary N) is 1. The number of furan rings is 1. The SMILES string of the molecule is Cc1oc(NC(=O)COC(=O)c2ccc(S(=O)(=O)N3CCc4ccccc4C3)cc2)c(C#N)c1C. The molecule has 10 heteroatoms. The van der Waals surface area contributed by atoms with E-state index in [1.807, 2.05) is 30.3 Å². The van der Waals surface area contributed by atoms with Gasteiger partial charge in [0.25, 0.3) is 5.91 Å². The molecule has 180 valence electrons. The molecule has 1 amide bonds. The molecule has 0 saturated carbocycles. The molecule has 0 radical (unpaired) electrons. The molecule has 0 fully saturated rings. The van der Waals surface area contributed by atoms with E-state index in [9.17, 15) is 23.3 Å². The molecule has 9 nitrogen and oxygen atoms in total. The van der Waals surface area contributed by atoms with Crippen molar-refractivity contribution in [2.75, 3.05) is 18.5 Å². The predicted octanol–water partition coefficient (Wildman–Crippen LogP) is 3.31. The third-order valence-electron chi connectivity index (χ3n) is 5.91. The van der Waals surface area contributed by atoms with Crippen molar-refractivity contribution in [1.29, 1.82) is 5.26 Å². The van der Waals surface area contributed by atoms with E-state index in [2.05, 4.69) is 5.32 Å². The van der Waals surface area contributed by atoms with Gasteiger partial charge in [0, 0.05) is 18.7 Å². The summed E-state index contributed by atoms with van der Waals surface area (Å²) in [4.78, 5) is 24.6. The van der Waals surface area contributed by atoms with E-state index in [4.69, 9.17) is 9.15 Å². The largest absolute Gasteiger partial charge is 0.452 e. The van der Waals surface area contributed by atoms with Gasteiger partial charge in [0.1, 0.15) is 17.4 Å². The van der Waals surface area contributed by atoms with Gasteiger partial charge >= 0.3 is 5.97 Å². The molecule has 0 saturated heterocycles. The van der Waals surface area contributed by atoms with Gasteiger partial charge in [0.15, 0.2) is 6.61 Å². The number of nitrogens with zero attached hydrogens (tertiary/aromatic N) is 2. The normalized spacial score (nSPS) is 13.5. The van der Waals surface area contributed by atoms with Crippen LogP contribution in [0.15, 0.2) is 57.8 Å². The number of ether oxygens (including phenoxy) is 1. The summed E-state index contributed by atoms with van der Waals surface area (Å²) in [5.41, 5.74) is 3.03. The van der Waals surface area contributed by atoms with Gasteiger partial charge in [0.2, 0.25) is 15.9 Å². The van der Waals surface area contributed by atoms with Crippen LogP contribution in [0.2, 0.25) is 0 Å². The summed E-state index contributed by atoms with van der Waals surface area (Å²) in [5.74, 6) is -0.965. The first-order valence-electron chi connectivity index (χ1n) is 10.8. The van der Waals surface area contributed by atoms with Gasteiger partial charge in [-0.05, 0) is 55.7 Å². The Kier molecular flexibility index (Phi) is 6.73.